The summed E-state index contributed by atoms with van der Waals surface area (Å²) in [6.45, 7) is 3.50. The highest BCUT2D eigenvalue weighted by molar-refractivity contribution is 5.82. The second kappa shape index (κ2) is 7.76. The van der Waals surface area contributed by atoms with Gasteiger partial charge in [0.15, 0.2) is 5.82 Å². The van der Waals surface area contributed by atoms with E-state index in [0.717, 1.165) is 24.3 Å². The summed E-state index contributed by atoms with van der Waals surface area (Å²) in [6, 6.07) is 18.4. The maximum absolute atomic E-state index is 5.99. The topological polar surface area (TPSA) is 55.3 Å². The number of aryl methyl sites for hydroxylation is 1. The minimum absolute atomic E-state index is 0.602. The first-order valence-corrected chi connectivity index (χ1v) is 9.26. The normalized spacial score (nSPS) is 11.5. The third-order valence-corrected chi connectivity index (χ3v) is 4.65. The first-order valence-electron chi connectivity index (χ1n) is 9.26. The average Bonchev–Trinajstić information content (AvgIpc) is 3.27. The minimum Gasteiger partial charge on any atom is -0.461 e. The second-order valence-corrected chi connectivity index (χ2v) is 6.79. The number of benzene rings is 2. The van der Waals surface area contributed by atoms with Crippen LogP contribution in [-0.2, 0) is 25.9 Å². The summed E-state index contributed by atoms with van der Waals surface area (Å²) >= 11 is 0. The van der Waals surface area contributed by atoms with E-state index in [-0.39, 0.29) is 0 Å². The number of aromatic nitrogens is 2. The van der Waals surface area contributed by atoms with Crippen molar-refractivity contribution in [2.45, 2.75) is 32.9 Å². The molecule has 0 aliphatic rings. The molecule has 2 heterocycles. The Labute approximate surface area is 158 Å². The fourth-order valence-corrected chi connectivity index (χ4v) is 3.37. The van der Waals surface area contributed by atoms with Crippen molar-refractivity contribution >= 4 is 11.0 Å². The van der Waals surface area contributed by atoms with Crippen molar-refractivity contribution < 1.29 is 8.94 Å². The number of furan rings is 1. The lowest BCUT2D eigenvalue weighted by atomic mass is 10.1. The standard InChI is InChI=1S/C22H23N3O2/c1-3-19-18(17-11-7-8-12-20(17)26-19)14-25(2)15-22-23-21(24-27-22)13-16-9-5-4-6-10-16/h4-12H,3,13-15H2,1-2H3. The summed E-state index contributed by atoms with van der Waals surface area (Å²) in [5, 5.41) is 5.29. The molecule has 0 atom stereocenters. The third-order valence-electron chi connectivity index (χ3n) is 4.65. The van der Waals surface area contributed by atoms with Gasteiger partial charge in [0, 0.05) is 30.3 Å². The van der Waals surface area contributed by atoms with Crippen LogP contribution in [0.3, 0.4) is 0 Å². The Morgan fingerprint density at radius 1 is 0.963 bits per heavy atom. The van der Waals surface area contributed by atoms with Crippen LogP contribution in [0, 0.1) is 0 Å². The molecule has 0 spiro atoms. The highest BCUT2D eigenvalue weighted by Crippen LogP contribution is 2.27. The molecule has 0 fully saturated rings. The van der Waals surface area contributed by atoms with E-state index in [1.54, 1.807) is 0 Å². The lowest BCUT2D eigenvalue weighted by Crippen LogP contribution is -2.18. The molecule has 5 nitrogen and oxygen atoms in total. The van der Waals surface area contributed by atoms with E-state index >= 15 is 0 Å². The SMILES string of the molecule is CCc1oc2ccccc2c1CN(C)Cc1nc(Cc2ccccc2)no1. The maximum Gasteiger partial charge on any atom is 0.240 e. The van der Waals surface area contributed by atoms with Gasteiger partial charge in [0.05, 0.1) is 6.54 Å². The number of nitrogens with zero attached hydrogens (tertiary/aromatic N) is 3. The molecule has 4 rings (SSSR count). The summed E-state index contributed by atoms with van der Waals surface area (Å²) in [6.07, 6.45) is 1.56. The molecule has 0 N–H and O–H groups in total. The van der Waals surface area contributed by atoms with E-state index in [4.69, 9.17) is 8.94 Å². The Balaban J connectivity index is 1.45. The van der Waals surface area contributed by atoms with Crippen molar-refractivity contribution in [1.29, 1.82) is 0 Å². The van der Waals surface area contributed by atoms with Crippen LogP contribution >= 0.6 is 0 Å². The van der Waals surface area contributed by atoms with Crippen molar-refractivity contribution in [3.63, 3.8) is 0 Å². The number of fused-ring (bicyclic) bond motifs is 1. The number of hydrogen-bond acceptors (Lipinski definition) is 5. The predicted octanol–water partition coefficient (Wildman–Crippen LogP) is 4.60. The van der Waals surface area contributed by atoms with Gasteiger partial charge in [-0.3, -0.25) is 4.90 Å². The molecule has 0 saturated carbocycles. The van der Waals surface area contributed by atoms with E-state index < -0.39 is 0 Å². The van der Waals surface area contributed by atoms with E-state index in [2.05, 4.69) is 53.3 Å². The summed E-state index contributed by atoms with van der Waals surface area (Å²) in [5.74, 6) is 2.39. The molecule has 0 saturated heterocycles. The third kappa shape index (κ3) is 3.93. The maximum atomic E-state index is 5.99. The van der Waals surface area contributed by atoms with E-state index in [1.807, 2.05) is 30.3 Å². The molecule has 27 heavy (non-hydrogen) atoms. The molecule has 0 radical (unpaired) electrons. The summed E-state index contributed by atoms with van der Waals surface area (Å²) in [4.78, 5) is 6.71. The molecule has 2 aromatic heterocycles. The largest absolute Gasteiger partial charge is 0.461 e. The van der Waals surface area contributed by atoms with Crippen LogP contribution in [0.25, 0.3) is 11.0 Å². The number of rotatable bonds is 7. The Morgan fingerprint density at radius 2 is 1.74 bits per heavy atom. The molecule has 0 aliphatic carbocycles. The molecule has 0 aliphatic heterocycles. The van der Waals surface area contributed by atoms with Crippen molar-refractivity contribution in [2.24, 2.45) is 0 Å². The fraction of sp³-hybridized carbons (Fsp3) is 0.273. The Bertz CT molecular complexity index is 1020. The first kappa shape index (κ1) is 17.5. The minimum atomic E-state index is 0.602. The van der Waals surface area contributed by atoms with E-state index in [1.165, 1.54) is 16.5 Å². The first-order chi connectivity index (χ1) is 13.2. The number of hydrogen-bond donors (Lipinski definition) is 0. The summed E-state index contributed by atoms with van der Waals surface area (Å²) < 4.78 is 11.4. The van der Waals surface area contributed by atoms with Gasteiger partial charge in [0.2, 0.25) is 5.89 Å². The highest BCUT2D eigenvalue weighted by Gasteiger charge is 2.16. The summed E-state index contributed by atoms with van der Waals surface area (Å²) in [5.41, 5.74) is 3.36. The van der Waals surface area contributed by atoms with E-state index in [0.29, 0.717) is 24.7 Å². The van der Waals surface area contributed by atoms with Gasteiger partial charge in [-0.1, -0.05) is 60.6 Å². The smallest absolute Gasteiger partial charge is 0.240 e. The van der Waals surface area contributed by atoms with Crippen molar-refractivity contribution in [1.82, 2.24) is 15.0 Å². The Hall–Kier alpha value is -2.92. The quantitative estimate of drug-likeness (QED) is 0.481. The van der Waals surface area contributed by atoms with Crippen LogP contribution in [-0.4, -0.2) is 22.1 Å². The van der Waals surface area contributed by atoms with Crippen LogP contribution in [0.15, 0.2) is 63.5 Å². The zero-order valence-corrected chi connectivity index (χ0v) is 15.7. The zero-order valence-electron chi connectivity index (χ0n) is 15.7. The summed E-state index contributed by atoms with van der Waals surface area (Å²) in [7, 11) is 2.06. The van der Waals surface area contributed by atoms with Gasteiger partial charge in [-0.25, -0.2) is 0 Å². The predicted molar refractivity (Wildman–Crippen MR) is 104 cm³/mol. The van der Waals surface area contributed by atoms with Crippen molar-refractivity contribution in [3.8, 4) is 0 Å². The van der Waals surface area contributed by atoms with Crippen LogP contribution in [0.4, 0.5) is 0 Å². The average molecular weight is 361 g/mol. The van der Waals surface area contributed by atoms with Crippen LogP contribution in [0.1, 0.15) is 35.5 Å². The van der Waals surface area contributed by atoms with Gasteiger partial charge in [-0.05, 0) is 18.7 Å². The van der Waals surface area contributed by atoms with Gasteiger partial charge in [0.25, 0.3) is 0 Å². The molecule has 0 bridgehead atoms. The molecular formula is C22H23N3O2. The lowest BCUT2D eigenvalue weighted by Gasteiger charge is -2.14. The Kier molecular flexibility index (Phi) is 5.03. The monoisotopic (exact) mass is 361 g/mol. The van der Waals surface area contributed by atoms with Gasteiger partial charge < -0.3 is 8.94 Å². The molecular weight excluding hydrogens is 338 g/mol. The van der Waals surface area contributed by atoms with Crippen LogP contribution < -0.4 is 0 Å². The van der Waals surface area contributed by atoms with E-state index in [9.17, 15) is 0 Å². The molecule has 0 unspecified atom stereocenters. The molecule has 2 aromatic carbocycles. The lowest BCUT2D eigenvalue weighted by molar-refractivity contribution is 0.259. The second-order valence-electron chi connectivity index (χ2n) is 6.79. The van der Waals surface area contributed by atoms with Gasteiger partial charge >= 0.3 is 0 Å². The van der Waals surface area contributed by atoms with Gasteiger partial charge in [-0.15, -0.1) is 0 Å². The van der Waals surface area contributed by atoms with Crippen LogP contribution in [0.2, 0.25) is 0 Å². The fourth-order valence-electron chi connectivity index (χ4n) is 3.37. The molecule has 4 aromatic rings. The molecule has 5 heteroatoms. The van der Waals surface area contributed by atoms with Crippen LogP contribution in [0.5, 0.6) is 0 Å². The Morgan fingerprint density at radius 3 is 2.56 bits per heavy atom. The van der Waals surface area contributed by atoms with Gasteiger partial charge in [-0.2, -0.15) is 4.98 Å². The van der Waals surface area contributed by atoms with Crippen molar-refractivity contribution in [2.75, 3.05) is 7.05 Å². The van der Waals surface area contributed by atoms with Gasteiger partial charge in [0.1, 0.15) is 11.3 Å². The zero-order chi connectivity index (χ0) is 18.6. The number of para-hydroxylation sites is 1. The highest BCUT2D eigenvalue weighted by atomic mass is 16.5. The van der Waals surface area contributed by atoms with Crippen molar-refractivity contribution in [3.05, 3.63) is 83.2 Å². The molecule has 0 amide bonds. The molecule has 138 valence electrons.